The highest BCUT2D eigenvalue weighted by Crippen LogP contribution is 2.20. The van der Waals surface area contributed by atoms with Crippen molar-refractivity contribution in [2.75, 3.05) is 13.2 Å². The number of carbonyl (C=O) groups is 1. The topological polar surface area (TPSA) is 54.1 Å². The van der Waals surface area contributed by atoms with Gasteiger partial charge in [0.25, 0.3) is 5.91 Å². The van der Waals surface area contributed by atoms with Crippen molar-refractivity contribution in [2.24, 2.45) is 5.92 Å². The first-order valence-electron chi connectivity index (χ1n) is 6.71. The number of amides is 1. The van der Waals surface area contributed by atoms with E-state index in [1.807, 2.05) is 30.5 Å². The molecule has 1 aromatic heterocycles. The highest BCUT2D eigenvalue weighted by atomic mass is 16.5. The Bertz CT molecular complexity index is 591. The summed E-state index contributed by atoms with van der Waals surface area (Å²) in [7, 11) is 0. The maximum atomic E-state index is 12.2. The van der Waals surface area contributed by atoms with E-state index in [2.05, 4.69) is 17.2 Å². The second-order valence-electron chi connectivity index (χ2n) is 5.08. The van der Waals surface area contributed by atoms with Gasteiger partial charge in [0.05, 0.1) is 17.2 Å². The Kier molecular flexibility index (Phi) is 3.25. The fraction of sp³-hybridized carbons (Fsp3) is 0.400. The Morgan fingerprint density at radius 1 is 1.47 bits per heavy atom. The minimum atomic E-state index is -0.0212. The lowest BCUT2D eigenvalue weighted by molar-refractivity contribution is 0.0908. The SMILES string of the molecule is CC1OCCC1CNC(=O)c1cccc2cc[nH]c12. The van der Waals surface area contributed by atoms with Gasteiger partial charge in [-0.25, -0.2) is 0 Å². The molecule has 0 spiro atoms. The summed E-state index contributed by atoms with van der Waals surface area (Å²) in [6.45, 7) is 3.54. The Labute approximate surface area is 112 Å². The molecule has 1 aliphatic heterocycles. The number of fused-ring (bicyclic) bond motifs is 1. The highest BCUT2D eigenvalue weighted by Gasteiger charge is 2.24. The number of ether oxygens (including phenoxy) is 1. The molecular weight excluding hydrogens is 240 g/mol. The quantitative estimate of drug-likeness (QED) is 0.887. The van der Waals surface area contributed by atoms with E-state index >= 15 is 0 Å². The Morgan fingerprint density at radius 3 is 3.16 bits per heavy atom. The number of para-hydroxylation sites is 1. The van der Waals surface area contributed by atoms with E-state index in [-0.39, 0.29) is 12.0 Å². The molecule has 0 saturated carbocycles. The average Bonchev–Trinajstić information content (AvgIpc) is 3.04. The van der Waals surface area contributed by atoms with Gasteiger partial charge >= 0.3 is 0 Å². The van der Waals surface area contributed by atoms with Crippen LogP contribution in [0.5, 0.6) is 0 Å². The molecule has 2 unspecified atom stereocenters. The number of aromatic amines is 1. The van der Waals surface area contributed by atoms with E-state index in [9.17, 15) is 4.79 Å². The predicted octanol–water partition coefficient (Wildman–Crippen LogP) is 2.32. The van der Waals surface area contributed by atoms with E-state index in [4.69, 9.17) is 4.74 Å². The number of rotatable bonds is 3. The zero-order valence-corrected chi connectivity index (χ0v) is 11.0. The molecule has 0 aliphatic carbocycles. The first kappa shape index (κ1) is 12.2. The molecule has 1 aromatic carbocycles. The van der Waals surface area contributed by atoms with Crippen LogP contribution in [0.1, 0.15) is 23.7 Å². The highest BCUT2D eigenvalue weighted by molar-refractivity contribution is 6.05. The molecule has 2 aromatic rings. The van der Waals surface area contributed by atoms with Gasteiger partial charge in [0.2, 0.25) is 0 Å². The molecule has 1 fully saturated rings. The number of H-pyrrole nitrogens is 1. The lowest BCUT2D eigenvalue weighted by atomic mass is 10.0. The van der Waals surface area contributed by atoms with Crippen LogP contribution in [0.4, 0.5) is 0 Å². The number of carbonyl (C=O) groups excluding carboxylic acids is 1. The van der Waals surface area contributed by atoms with Crippen LogP contribution in [0, 0.1) is 5.92 Å². The molecule has 4 nitrogen and oxygen atoms in total. The lowest BCUT2D eigenvalue weighted by Crippen LogP contribution is -2.32. The number of aromatic nitrogens is 1. The van der Waals surface area contributed by atoms with Crippen molar-refractivity contribution in [3.63, 3.8) is 0 Å². The third kappa shape index (κ3) is 2.36. The maximum Gasteiger partial charge on any atom is 0.253 e. The maximum absolute atomic E-state index is 12.2. The third-order valence-corrected chi connectivity index (χ3v) is 3.89. The molecule has 1 amide bonds. The van der Waals surface area contributed by atoms with Crippen molar-refractivity contribution in [1.82, 2.24) is 10.3 Å². The van der Waals surface area contributed by atoms with Gasteiger partial charge in [-0.3, -0.25) is 4.79 Å². The minimum absolute atomic E-state index is 0.0212. The van der Waals surface area contributed by atoms with Crippen molar-refractivity contribution in [3.05, 3.63) is 36.0 Å². The van der Waals surface area contributed by atoms with Crippen molar-refractivity contribution < 1.29 is 9.53 Å². The molecule has 0 radical (unpaired) electrons. The van der Waals surface area contributed by atoms with Crippen molar-refractivity contribution in [3.8, 4) is 0 Å². The normalized spacial score (nSPS) is 22.8. The summed E-state index contributed by atoms with van der Waals surface area (Å²) in [6, 6.07) is 7.73. The van der Waals surface area contributed by atoms with Crippen LogP contribution in [0.15, 0.2) is 30.5 Å². The largest absolute Gasteiger partial charge is 0.378 e. The second kappa shape index (κ2) is 5.05. The molecule has 2 atom stereocenters. The summed E-state index contributed by atoms with van der Waals surface area (Å²) < 4.78 is 5.50. The van der Waals surface area contributed by atoms with Crippen molar-refractivity contribution >= 4 is 16.8 Å². The summed E-state index contributed by atoms with van der Waals surface area (Å²) in [5, 5.41) is 4.07. The van der Waals surface area contributed by atoms with Crippen molar-refractivity contribution in [1.29, 1.82) is 0 Å². The Hall–Kier alpha value is -1.81. The molecule has 3 rings (SSSR count). The summed E-state index contributed by atoms with van der Waals surface area (Å²) >= 11 is 0. The number of hydrogen-bond donors (Lipinski definition) is 2. The Morgan fingerprint density at radius 2 is 2.37 bits per heavy atom. The van der Waals surface area contributed by atoms with Crippen LogP contribution < -0.4 is 5.32 Å². The van der Waals surface area contributed by atoms with Crippen LogP contribution in [-0.2, 0) is 4.74 Å². The van der Waals surface area contributed by atoms with Crippen LogP contribution in [0.3, 0.4) is 0 Å². The smallest absolute Gasteiger partial charge is 0.253 e. The van der Waals surface area contributed by atoms with E-state index in [1.54, 1.807) is 0 Å². The minimum Gasteiger partial charge on any atom is -0.378 e. The molecule has 0 bridgehead atoms. The molecule has 2 N–H and O–H groups in total. The predicted molar refractivity (Wildman–Crippen MR) is 74.2 cm³/mol. The molecule has 4 heteroatoms. The lowest BCUT2D eigenvalue weighted by Gasteiger charge is -2.14. The number of benzene rings is 1. The van der Waals surface area contributed by atoms with E-state index in [0.717, 1.165) is 23.9 Å². The Balaban J connectivity index is 1.71. The standard InChI is InChI=1S/C15H18N2O2/c1-10-12(6-8-19-10)9-17-15(18)13-4-2-3-11-5-7-16-14(11)13/h2-5,7,10,12,16H,6,8-9H2,1H3,(H,17,18). The summed E-state index contributed by atoms with van der Waals surface area (Å²) in [6.07, 6.45) is 3.12. The van der Waals surface area contributed by atoms with Gasteiger partial charge in [0.1, 0.15) is 0 Å². The first-order valence-corrected chi connectivity index (χ1v) is 6.71. The zero-order valence-electron chi connectivity index (χ0n) is 11.0. The molecular formula is C15H18N2O2. The number of hydrogen-bond acceptors (Lipinski definition) is 2. The van der Waals surface area contributed by atoms with Crippen molar-refractivity contribution in [2.45, 2.75) is 19.4 Å². The average molecular weight is 258 g/mol. The van der Waals surface area contributed by atoms with Gasteiger partial charge in [0.15, 0.2) is 0 Å². The third-order valence-electron chi connectivity index (χ3n) is 3.89. The summed E-state index contributed by atoms with van der Waals surface area (Å²) in [5.41, 5.74) is 1.60. The van der Waals surface area contributed by atoms with Gasteiger partial charge in [-0.1, -0.05) is 12.1 Å². The molecule has 1 aliphatic rings. The van der Waals surface area contributed by atoms with Gasteiger partial charge < -0.3 is 15.0 Å². The first-order chi connectivity index (χ1) is 9.25. The molecule has 19 heavy (non-hydrogen) atoms. The second-order valence-corrected chi connectivity index (χ2v) is 5.08. The van der Waals surface area contributed by atoms with E-state index in [1.165, 1.54) is 0 Å². The monoisotopic (exact) mass is 258 g/mol. The van der Waals surface area contributed by atoms with Gasteiger partial charge in [-0.15, -0.1) is 0 Å². The van der Waals surface area contributed by atoms with Gasteiger partial charge in [0, 0.05) is 30.7 Å². The molecule has 2 heterocycles. The summed E-state index contributed by atoms with van der Waals surface area (Å²) in [5.74, 6) is 0.402. The van der Waals surface area contributed by atoms with E-state index < -0.39 is 0 Å². The fourth-order valence-electron chi connectivity index (χ4n) is 2.64. The van der Waals surface area contributed by atoms with Gasteiger partial charge in [-0.2, -0.15) is 0 Å². The fourth-order valence-corrected chi connectivity index (χ4v) is 2.64. The number of nitrogens with one attached hydrogen (secondary N) is 2. The van der Waals surface area contributed by atoms with Crippen LogP contribution in [-0.4, -0.2) is 30.1 Å². The van der Waals surface area contributed by atoms with E-state index in [0.29, 0.717) is 18.0 Å². The summed E-state index contributed by atoms with van der Waals surface area (Å²) in [4.78, 5) is 15.4. The van der Waals surface area contributed by atoms with Crippen LogP contribution in [0.2, 0.25) is 0 Å². The van der Waals surface area contributed by atoms with Crippen LogP contribution in [0.25, 0.3) is 10.9 Å². The molecule has 1 saturated heterocycles. The zero-order chi connectivity index (χ0) is 13.2. The van der Waals surface area contributed by atoms with Gasteiger partial charge in [-0.05, 0) is 25.5 Å². The van der Waals surface area contributed by atoms with Crippen LogP contribution >= 0.6 is 0 Å². The molecule has 100 valence electrons.